The van der Waals surface area contributed by atoms with Gasteiger partial charge in [-0.05, 0) is 152 Å². The van der Waals surface area contributed by atoms with Crippen LogP contribution in [0.25, 0.3) is 16.0 Å². The molecule has 3 aliphatic heterocycles. The number of nitrogens with zero attached hydrogens (tertiary/aromatic N) is 6. The summed E-state index contributed by atoms with van der Waals surface area (Å²) in [5.74, 6) is -2.61. The van der Waals surface area contributed by atoms with E-state index in [9.17, 15) is 63.5 Å². The van der Waals surface area contributed by atoms with Crippen molar-refractivity contribution in [1.82, 2.24) is 39.9 Å². The second-order valence-electron chi connectivity index (χ2n) is 29.8. The Hall–Kier alpha value is -7.44. The number of likely N-dealkylation sites (tertiary alicyclic amines) is 1. The number of unbranched alkanes of at least 4 members (excludes halogenated alkanes) is 2. The number of aromatic nitrogens is 1. The lowest BCUT2D eigenvalue weighted by molar-refractivity contribution is -0.144. The van der Waals surface area contributed by atoms with E-state index in [0.29, 0.717) is 90.7 Å². The molecule has 4 aliphatic rings. The van der Waals surface area contributed by atoms with Crippen molar-refractivity contribution in [3.05, 3.63) is 160 Å². The number of carbonyl (C=O) groups is 5. The molecule has 20 nitrogen and oxygen atoms in total. The van der Waals surface area contributed by atoms with Gasteiger partial charge in [0.2, 0.25) is 23.6 Å². The quantitative estimate of drug-likeness (QED) is 0.0174. The van der Waals surface area contributed by atoms with Crippen molar-refractivity contribution in [2.24, 2.45) is 10.8 Å². The number of thiazole rings is 1. The topological polar surface area (TPSA) is 251 Å². The van der Waals surface area contributed by atoms with Crippen LogP contribution in [0.2, 0.25) is 5.02 Å². The van der Waals surface area contributed by atoms with Gasteiger partial charge in [0.25, 0.3) is 25.8 Å². The highest BCUT2D eigenvalue weighted by atomic mass is 35.5. The number of hydrogen-bond donors (Lipinski definition) is 5. The van der Waals surface area contributed by atoms with Crippen LogP contribution in [-0.2, 0) is 39.0 Å². The number of allylic oxidation sites excluding steroid dienone is 1. The number of sulfone groups is 1. The van der Waals surface area contributed by atoms with Gasteiger partial charge in [0.05, 0.1) is 43.8 Å². The number of aryl methyl sites for hydroxylation is 1. The van der Waals surface area contributed by atoms with E-state index >= 15 is 0 Å². The number of thioether (sulfide) groups is 1. The maximum absolute atomic E-state index is 14.6. The number of sulfonamides is 1. The van der Waals surface area contributed by atoms with Crippen LogP contribution < -0.4 is 25.6 Å². The number of amides is 5. The second kappa shape index (κ2) is 34.8. The maximum atomic E-state index is 14.6. The van der Waals surface area contributed by atoms with E-state index in [4.69, 9.17) is 11.6 Å². The fourth-order valence-corrected chi connectivity index (χ4v) is 18.0. The first-order valence-corrected chi connectivity index (χ1v) is 41.1. The molecular formula is C77H95ClF4N10O10S4. The predicted molar refractivity (Wildman–Crippen MR) is 407 cm³/mol. The maximum Gasteiger partial charge on any atom is 0.501 e. The van der Waals surface area contributed by atoms with Gasteiger partial charge >= 0.3 is 5.51 Å². The first kappa shape index (κ1) is 81.1. The highest BCUT2D eigenvalue weighted by Gasteiger charge is 2.49. The van der Waals surface area contributed by atoms with Gasteiger partial charge in [-0.3, -0.25) is 33.8 Å². The van der Waals surface area contributed by atoms with Crippen LogP contribution in [0.4, 0.5) is 28.9 Å². The Balaban J connectivity index is 0.691. The molecule has 5 atom stereocenters. The molecule has 1 aromatic heterocycles. The minimum absolute atomic E-state index is 0.0441. The highest BCUT2D eigenvalue weighted by molar-refractivity contribution is 7.99. The first-order chi connectivity index (χ1) is 50.1. The molecule has 5 amide bonds. The smallest absolute Gasteiger partial charge is 0.391 e. The predicted octanol–water partition coefficient (Wildman–Crippen LogP) is 12.5. The van der Waals surface area contributed by atoms with Gasteiger partial charge in [-0.2, -0.15) is 13.2 Å². The Kier molecular flexibility index (Phi) is 26.7. The normalized spacial score (nSPS) is 18.6. The molecule has 0 radical (unpaired) electrons. The van der Waals surface area contributed by atoms with E-state index in [-0.39, 0.29) is 59.4 Å². The average Bonchev–Trinajstić information content (AvgIpc) is 0.855. The van der Waals surface area contributed by atoms with E-state index in [1.54, 1.807) is 39.9 Å². The van der Waals surface area contributed by atoms with Gasteiger partial charge < -0.3 is 35.8 Å². The zero-order valence-electron chi connectivity index (χ0n) is 60.8. The molecule has 0 unspecified atom stereocenters. The molecular weight excluding hydrogens is 1460 g/mol. The molecule has 3 fully saturated rings. The van der Waals surface area contributed by atoms with E-state index in [1.165, 1.54) is 40.4 Å². The van der Waals surface area contributed by atoms with Crippen molar-refractivity contribution < 1.29 is 63.5 Å². The average molecular weight is 1560 g/mol. The molecule has 5 N–H and O–H groups in total. The van der Waals surface area contributed by atoms with E-state index < -0.39 is 100 Å². The fraction of sp³-hybridized carbons (Fsp3) is 0.481. The molecule has 0 saturated carbocycles. The lowest BCUT2D eigenvalue weighted by atomic mass is 9.72. The van der Waals surface area contributed by atoms with Crippen LogP contribution in [-0.4, -0.2) is 184 Å². The Morgan fingerprint density at radius 3 is 2.12 bits per heavy atom. The van der Waals surface area contributed by atoms with Crippen LogP contribution in [0.15, 0.2) is 141 Å². The summed E-state index contributed by atoms with van der Waals surface area (Å²) in [7, 11) is -11.2. The number of nitrogens with one attached hydrogen (secondary N) is 4. The van der Waals surface area contributed by atoms with Crippen molar-refractivity contribution in [1.29, 1.82) is 0 Å². The molecule has 1 aliphatic carbocycles. The van der Waals surface area contributed by atoms with Crippen LogP contribution in [0.5, 0.6) is 0 Å². The van der Waals surface area contributed by atoms with Crippen molar-refractivity contribution in [2.45, 2.75) is 163 Å². The van der Waals surface area contributed by atoms with Crippen molar-refractivity contribution in [3.8, 4) is 10.4 Å². The standard InChI is InChI=1S/C77H95ClF4N10O10S4/c1-50(52-18-20-53(21-19-52)70-51(2)83-49-104-70)84-73(97)66-43-59(93)47-92(66)74(98)71(75(3,4)5)86-68(94)16-12-9-13-17-69(95)91-40-34-88(35-41-91)33-31-57(48-103-60-14-10-8-11-15-60)85-65-29-27-61(44-67(65)105(99,100)77(80,81)82)106(101,102)87-72(96)54-22-25-58(26-23-54)90-38-36-89(37-39-90)46-56-45-76(6,7)32-30-62(56)55-24-28-63(78)64(79)42-55/h8,10-11,14-15,18-29,42,44,49-50,57,59,66,71,85,93H,9,12-13,16-17,30-41,43,45-48H2,1-7H3,(H,84,97)(H,86,94)(H,87,96)/t50-,57+,59+,66-,71+/m0/s1. The summed E-state index contributed by atoms with van der Waals surface area (Å²) in [6.45, 7) is 19.2. The molecule has 0 bridgehead atoms. The van der Waals surface area contributed by atoms with Crippen LogP contribution in [0.1, 0.15) is 139 Å². The Morgan fingerprint density at radius 2 is 1.47 bits per heavy atom. The first-order valence-electron chi connectivity index (χ1n) is 35.9. The lowest BCUT2D eigenvalue weighted by Crippen LogP contribution is -2.57. The summed E-state index contributed by atoms with van der Waals surface area (Å²) in [5.41, 5.74) is 1.55. The number of piperazine rings is 2. The third-order valence-corrected chi connectivity index (χ3v) is 25.5. The van der Waals surface area contributed by atoms with Gasteiger partial charge in [-0.15, -0.1) is 23.1 Å². The van der Waals surface area contributed by atoms with E-state index in [1.807, 2.05) is 100 Å². The second-order valence-corrected chi connectivity index (χ2v) is 35.8. The zero-order chi connectivity index (χ0) is 76.5. The molecule has 572 valence electrons. The molecule has 106 heavy (non-hydrogen) atoms. The highest BCUT2D eigenvalue weighted by Crippen LogP contribution is 2.44. The number of β-amino-alcohol motifs (C(OH)–C–C–N with tert-alkyl or cyclic N) is 1. The third kappa shape index (κ3) is 20.9. The van der Waals surface area contributed by atoms with Crippen LogP contribution in [0.3, 0.4) is 0 Å². The van der Waals surface area contributed by atoms with Gasteiger partial charge in [0.15, 0.2) is 0 Å². The SMILES string of the molecule is Cc1ncsc1-c1ccc([C@H](C)NC(=O)[C@@H]2C[C@@H](O)CN2C(=O)[C@@H](NC(=O)CCCCCC(=O)N2CCN(CC[C@H](CSc3ccccc3)Nc3ccc(S(=O)(=O)NC(=O)c4ccc(N5CCN(CC6=C(c7ccc(Cl)c(F)c7)CCC(C)(C)C6)CC5)cc4)cc3S(=O)(=O)C(F)(F)F)CC2)C(C)(C)C)cc1. The molecule has 0 spiro atoms. The van der Waals surface area contributed by atoms with Gasteiger partial charge in [-0.25, -0.2) is 30.9 Å². The van der Waals surface area contributed by atoms with Gasteiger partial charge in [0, 0.05) is 119 Å². The van der Waals surface area contributed by atoms with Gasteiger partial charge in [0.1, 0.15) is 22.8 Å². The van der Waals surface area contributed by atoms with E-state index in [0.717, 1.165) is 81.4 Å². The summed E-state index contributed by atoms with van der Waals surface area (Å²) in [6.07, 6.45) is 3.87. The minimum Gasteiger partial charge on any atom is -0.391 e. The number of halogens is 5. The molecule has 5 aromatic carbocycles. The van der Waals surface area contributed by atoms with Crippen LogP contribution in [0, 0.1) is 23.6 Å². The molecule has 10 rings (SSSR count). The number of benzene rings is 5. The molecule has 3 saturated heterocycles. The van der Waals surface area contributed by atoms with Crippen molar-refractivity contribution in [3.63, 3.8) is 0 Å². The number of carbonyl (C=O) groups excluding carboxylic acids is 5. The Morgan fingerprint density at radius 1 is 0.802 bits per heavy atom. The summed E-state index contributed by atoms with van der Waals surface area (Å²) in [6, 6.07) is 27.5. The largest absolute Gasteiger partial charge is 0.501 e. The monoisotopic (exact) mass is 1560 g/mol. The zero-order valence-corrected chi connectivity index (χ0v) is 64.8. The van der Waals surface area contributed by atoms with Gasteiger partial charge in [-0.1, -0.05) is 107 Å². The Labute approximate surface area is 632 Å². The van der Waals surface area contributed by atoms with Crippen molar-refractivity contribution >= 4 is 101 Å². The number of hydrogen-bond acceptors (Lipinski definition) is 17. The molecule has 4 heterocycles. The van der Waals surface area contributed by atoms with E-state index in [2.05, 4.69) is 49.5 Å². The summed E-state index contributed by atoms with van der Waals surface area (Å²) >= 11 is 8.95. The Bertz CT molecular complexity index is 4380. The number of rotatable bonds is 28. The summed E-state index contributed by atoms with van der Waals surface area (Å²) < 4.78 is 115. The number of aliphatic hydroxyl groups is 1. The van der Waals surface area contributed by atoms with Crippen molar-refractivity contribution in [2.75, 3.05) is 88.0 Å². The summed E-state index contributed by atoms with van der Waals surface area (Å²) in [4.78, 5) is 82.4. The summed E-state index contributed by atoms with van der Waals surface area (Å²) in [5, 5.41) is 19.8. The fourth-order valence-electron chi connectivity index (χ4n) is 14.1. The number of anilines is 2. The number of aliphatic hydroxyl groups excluding tert-OH is 1. The molecule has 6 aromatic rings. The number of alkyl halides is 3. The van der Waals surface area contributed by atoms with Crippen LogP contribution >= 0.6 is 34.7 Å². The molecule has 29 heteroatoms. The lowest BCUT2D eigenvalue weighted by Gasteiger charge is -2.39. The minimum atomic E-state index is -6.20. The third-order valence-electron chi connectivity index (χ3n) is 20.2.